The van der Waals surface area contributed by atoms with Crippen molar-refractivity contribution in [1.29, 1.82) is 0 Å². The lowest BCUT2D eigenvalue weighted by Crippen LogP contribution is -1.72. The molecule has 0 aromatic carbocycles. The second-order valence-electron chi connectivity index (χ2n) is 2.83. The van der Waals surface area contributed by atoms with Gasteiger partial charge in [0.05, 0.1) is 0 Å². The molecule has 0 saturated heterocycles. The van der Waals surface area contributed by atoms with Gasteiger partial charge in [-0.05, 0) is 24.5 Å². The smallest absolute Gasteiger partial charge is 0.100 e. The second-order valence-corrected chi connectivity index (χ2v) is 2.83. The average molecular weight is 192 g/mol. The molecule has 0 aromatic rings. The van der Waals surface area contributed by atoms with Crippen LogP contribution in [0.4, 0.5) is 4.39 Å². The molecule has 0 radical (unpaired) electrons. The second kappa shape index (κ2) is 8.24. The maximum Gasteiger partial charge on any atom is 0.100 e. The minimum Gasteiger partial charge on any atom is -0.212 e. The van der Waals surface area contributed by atoms with Crippen molar-refractivity contribution in [2.24, 2.45) is 0 Å². The highest BCUT2D eigenvalue weighted by molar-refractivity contribution is 5.30. The van der Waals surface area contributed by atoms with E-state index in [0.29, 0.717) is 12.0 Å². The Bertz CT molecular complexity index is 267. The van der Waals surface area contributed by atoms with Crippen molar-refractivity contribution in [2.45, 2.75) is 19.8 Å². The highest BCUT2D eigenvalue weighted by atomic mass is 19.1. The van der Waals surface area contributed by atoms with Gasteiger partial charge in [0.2, 0.25) is 0 Å². The SMILES string of the molecule is C=CC/C=C\C=C/C(=C)/C=C(/F)CC. The van der Waals surface area contributed by atoms with E-state index in [0.717, 1.165) is 6.42 Å². The first-order valence-electron chi connectivity index (χ1n) is 4.69. The first-order valence-corrected chi connectivity index (χ1v) is 4.69. The Morgan fingerprint density at radius 2 is 2.07 bits per heavy atom. The lowest BCUT2D eigenvalue weighted by molar-refractivity contribution is 0.604. The van der Waals surface area contributed by atoms with Gasteiger partial charge in [-0.25, -0.2) is 4.39 Å². The van der Waals surface area contributed by atoms with E-state index in [2.05, 4.69) is 13.2 Å². The maximum atomic E-state index is 12.7. The highest BCUT2D eigenvalue weighted by Crippen LogP contribution is 2.06. The first kappa shape index (κ1) is 12.6. The van der Waals surface area contributed by atoms with Crippen LogP contribution in [-0.4, -0.2) is 0 Å². The quantitative estimate of drug-likeness (QED) is 0.429. The minimum atomic E-state index is -0.144. The van der Waals surface area contributed by atoms with Crippen molar-refractivity contribution in [3.63, 3.8) is 0 Å². The molecule has 0 aromatic heterocycles. The third-order valence-electron chi connectivity index (χ3n) is 1.54. The van der Waals surface area contributed by atoms with E-state index in [1.807, 2.05) is 24.3 Å². The van der Waals surface area contributed by atoms with Crippen LogP contribution in [0.3, 0.4) is 0 Å². The van der Waals surface area contributed by atoms with E-state index in [-0.39, 0.29) is 5.83 Å². The van der Waals surface area contributed by atoms with Gasteiger partial charge in [-0.2, -0.15) is 0 Å². The molecule has 0 saturated carbocycles. The molecule has 0 rings (SSSR count). The summed E-state index contributed by atoms with van der Waals surface area (Å²) in [5.41, 5.74) is 0.674. The molecule has 0 unspecified atom stereocenters. The monoisotopic (exact) mass is 192 g/mol. The minimum absolute atomic E-state index is 0.144. The van der Waals surface area contributed by atoms with Gasteiger partial charge in [0.1, 0.15) is 5.83 Å². The van der Waals surface area contributed by atoms with E-state index in [4.69, 9.17) is 0 Å². The molecule has 0 spiro atoms. The predicted molar refractivity (Wildman–Crippen MR) is 61.7 cm³/mol. The summed E-state index contributed by atoms with van der Waals surface area (Å²) in [5, 5.41) is 0. The van der Waals surface area contributed by atoms with Gasteiger partial charge in [0.25, 0.3) is 0 Å². The Kier molecular flexibility index (Phi) is 7.43. The standard InChI is InChI=1S/C13H17F/c1-4-6-7-8-9-10-12(3)11-13(14)5-2/h4,7-11H,1,3,5-6H2,2H3/b8-7-,10-9-,13-11+. The van der Waals surface area contributed by atoms with Gasteiger partial charge >= 0.3 is 0 Å². The van der Waals surface area contributed by atoms with Crippen LogP contribution in [0, 0.1) is 0 Å². The Morgan fingerprint density at radius 1 is 1.36 bits per heavy atom. The van der Waals surface area contributed by atoms with Crippen LogP contribution in [0.1, 0.15) is 19.8 Å². The third kappa shape index (κ3) is 7.29. The summed E-state index contributed by atoms with van der Waals surface area (Å²) in [4.78, 5) is 0. The number of halogens is 1. The van der Waals surface area contributed by atoms with E-state index in [1.165, 1.54) is 6.08 Å². The van der Waals surface area contributed by atoms with Gasteiger partial charge in [-0.15, -0.1) is 6.58 Å². The highest BCUT2D eigenvalue weighted by Gasteiger charge is 1.88. The lowest BCUT2D eigenvalue weighted by Gasteiger charge is -1.90. The molecule has 0 bridgehead atoms. The topological polar surface area (TPSA) is 0 Å². The van der Waals surface area contributed by atoms with E-state index < -0.39 is 0 Å². The molecule has 14 heavy (non-hydrogen) atoms. The molecule has 0 N–H and O–H groups in total. The third-order valence-corrected chi connectivity index (χ3v) is 1.54. The molecule has 1 heteroatoms. The van der Waals surface area contributed by atoms with E-state index >= 15 is 0 Å². The predicted octanol–water partition coefficient (Wildman–Crippen LogP) is 4.49. The average Bonchev–Trinajstić information content (AvgIpc) is 2.17. The molecule has 0 heterocycles. The van der Waals surface area contributed by atoms with E-state index in [9.17, 15) is 4.39 Å². The number of allylic oxidation sites excluding steroid dienone is 8. The summed E-state index contributed by atoms with van der Waals surface area (Å²) in [6.45, 7) is 9.07. The summed E-state index contributed by atoms with van der Waals surface area (Å²) in [6.07, 6.45) is 12.0. The molecular weight excluding hydrogens is 175 g/mol. The molecule has 0 aliphatic rings. The van der Waals surface area contributed by atoms with E-state index in [1.54, 1.807) is 13.0 Å². The molecule has 0 aliphatic heterocycles. The largest absolute Gasteiger partial charge is 0.212 e. The molecular formula is C13H17F. The van der Waals surface area contributed by atoms with Crippen LogP contribution >= 0.6 is 0 Å². The van der Waals surface area contributed by atoms with Gasteiger partial charge in [-0.1, -0.05) is 43.9 Å². The molecule has 0 nitrogen and oxygen atoms in total. The van der Waals surface area contributed by atoms with Gasteiger partial charge in [-0.3, -0.25) is 0 Å². The van der Waals surface area contributed by atoms with Crippen molar-refractivity contribution in [2.75, 3.05) is 0 Å². The molecule has 76 valence electrons. The Balaban J connectivity index is 4.00. The summed E-state index contributed by atoms with van der Waals surface area (Å²) in [5.74, 6) is -0.144. The molecule has 0 atom stereocenters. The Hall–Kier alpha value is -1.37. The van der Waals surface area contributed by atoms with Crippen molar-refractivity contribution in [1.82, 2.24) is 0 Å². The summed E-state index contributed by atoms with van der Waals surface area (Å²) >= 11 is 0. The van der Waals surface area contributed by atoms with Crippen molar-refractivity contribution in [3.05, 3.63) is 61.0 Å². The van der Waals surface area contributed by atoms with Crippen LogP contribution in [0.15, 0.2) is 61.0 Å². The van der Waals surface area contributed by atoms with Crippen LogP contribution < -0.4 is 0 Å². The summed E-state index contributed by atoms with van der Waals surface area (Å²) in [7, 11) is 0. The number of hydrogen-bond acceptors (Lipinski definition) is 0. The molecule has 0 fully saturated rings. The molecule has 0 aliphatic carbocycles. The van der Waals surface area contributed by atoms with Crippen LogP contribution in [-0.2, 0) is 0 Å². The van der Waals surface area contributed by atoms with Crippen molar-refractivity contribution in [3.8, 4) is 0 Å². The fourth-order valence-electron chi connectivity index (χ4n) is 0.784. The Labute approximate surface area is 85.8 Å². The van der Waals surface area contributed by atoms with Gasteiger partial charge in [0.15, 0.2) is 0 Å². The zero-order valence-corrected chi connectivity index (χ0v) is 8.67. The first-order chi connectivity index (χ1) is 6.70. The fraction of sp³-hybridized carbons (Fsp3) is 0.231. The lowest BCUT2D eigenvalue weighted by atomic mass is 10.2. The number of hydrogen-bond donors (Lipinski definition) is 0. The molecule has 0 amide bonds. The zero-order valence-electron chi connectivity index (χ0n) is 8.67. The van der Waals surface area contributed by atoms with Crippen molar-refractivity contribution < 1.29 is 4.39 Å². The Morgan fingerprint density at radius 3 is 2.64 bits per heavy atom. The maximum absolute atomic E-state index is 12.7. The summed E-state index contributed by atoms with van der Waals surface area (Å²) < 4.78 is 12.7. The van der Waals surface area contributed by atoms with Crippen LogP contribution in [0.5, 0.6) is 0 Å². The van der Waals surface area contributed by atoms with Crippen molar-refractivity contribution >= 4 is 0 Å². The van der Waals surface area contributed by atoms with Crippen LogP contribution in [0.2, 0.25) is 0 Å². The zero-order chi connectivity index (χ0) is 10.8. The van der Waals surface area contributed by atoms with Gasteiger partial charge in [0, 0.05) is 0 Å². The van der Waals surface area contributed by atoms with Crippen LogP contribution in [0.25, 0.3) is 0 Å². The van der Waals surface area contributed by atoms with Gasteiger partial charge < -0.3 is 0 Å². The summed E-state index contributed by atoms with van der Waals surface area (Å²) in [6, 6.07) is 0. The normalized spacial score (nSPS) is 12.6. The number of rotatable bonds is 6. The fourth-order valence-corrected chi connectivity index (χ4v) is 0.784.